The van der Waals surface area contributed by atoms with E-state index in [1.807, 2.05) is 0 Å². The SMILES string of the molecule is O=C(O)[C@H]1CCC[C@H]1C(=O)NCc1ccccc1O. The van der Waals surface area contributed by atoms with Crippen LogP contribution in [-0.4, -0.2) is 22.1 Å². The molecule has 1 aromatic carbocycles. The molecule has 0 spiro atoms. The topological polar surface area (TPSA) is 86.6 Å². The van der Waals surface area contributed by atoms with Crippen LogP contribution in [0.4, 0.5) is 0 Å². The summed E-state index contributed by atoms with van der Waals surface area (Å²) in [5.74, 6) is -2.05. The van der Waals surface area contributed by atoms with E-state index in [0.717, 1.165) is 6.42 Å². The van der Waals surface area contributed by atoms with Crippen molar-refractivity contribution in [2.24, 2.45) is 11.8 Å². The van der Waals surface area contributed by atoms with E-state index in [2.05, 4.69) is 5.32 Å². The second kappa shape index (κ2) is 5.73. The van der Waals surface area contributed by atoms with Crippen LogP contribution in [0.1, 0.15) is 24.8 Å². The molecule has 0 unspecified atom stereocenters. The number of hydrogen-bond donors (Lipinski definition) is 3. The van der Waals surface area contributed by atoms with E-state index in [1.54, 1.807) is 24.3 Å². The number of amides is 1. The van der Waals surface area contributed by atoms with Gasteiger partial charge in [-0.1, -0.05) is 24.6 Å². The molecule has 2 rings (SSSR count). The quantitative estimate of drug-likeness (QED) is 0.768. The number of phenols is 1. The van der Waals surface area contributed by atoms with Crippen molar-refractivity contribution in [2.75, 3.05) is 0 Å². The van der Waals surface area contributed by atoms with Crippen LogP contribution >= 0.6 is 0 Å². The summed E-state index contributed by atoms with van der Waals surface area (Å²) in [6.07, 6.45) is 1.94. The number of benzene rings is 1. The number of carboxylic acid groups (broad SMARTS) is 1. The van der Waals surface area contributed by atoms with Crippen molar-refractivity contribution in [3.8, 4) is 5.75 Å². The summed E-state index contributed by atoms with van der Waals surface area (Å²) in [5, 5.41) is 21.3. The molecule has 0 radical (unpaired) electrons. The second-order valence-electron chi connectivity index (χ2n) is 4.83. The van der Waals surface area contributed by atoms with E-state index in [-0.39, 0.29) is 18.2 Å². The van der Waals surface area contributed by atoms with Crippen LogP contribution in [-0.2, 0) is 16.1 Å². The van der Waals surface area contributed by atoms with Gasteiger partial charge in [-0.25, -0.2) is 0 Å². The molecular weight excluding hydrogens is 246 g/mol. The summed E-state index contributed by atoms with van der Waals surface area (Å²) in [7, 11) is 0. The fourth-order valence-electron chi connectivity index (χ4n) is 2.54. The number of hydrogen-bond acceptors (Lipinski definition) is 3. The van der Waals surface area contributed by atoms with Gasteiger partial charge in [-0.3, -0.25) is 9.59 Å². The van der Waals surface area contributed by atoms with Crippen molar-refractivity contribution in [1.82, 2.24) is 5.32 Å². The van der Waals surface area contributed by atoms with Crippen molar-refractivity contribution in [1.29, 1.82) is 0 Å². The number of carboxylic acids is 1. The maximum absolute atomic E-state index is 12.0. The van der Waals surface area contributed by atoms with Crippen LogP contribution in [0.2, 0.25) is 0 Å². The highest BCUT2D eigenvalue weighted by Gasteiger charge is 2.37. The summed E-state index contributed by atoms with van der Waals surface area (Å²) in [6, 6.07) is 6.75. The summed E-state index contributed by atoms with van der Waals surface area (Å²) >= 11 is 0. The highest BCUT2D eigenvalue weighted by atomic mass is 16.4. The first kappa shape index (κ1) is 13.4. The third-order valence-corrected chi connectivity index (χ3v) is 3.61. The van der Waals surface area contributed by atoms with E-state index < -0.39 is 17.8 Å². The lowest BCUT2D eigenvalue weighted by molar-refractivity contribution is -0.146. The van der Waals surface area contributed by atoms with Crippen LogP contribution < -0.4 is 5.32 Å². The van der Waals surface area contributed by atoms with Crippen molar-refractivity contribution in [3.63, 3.8) is 0 Å². The van der Waals surface area contributed by atoms with Gasteiger partial charge in [-0.15, -0.1) is 0 Å². The van der Waals surface area contributed by atoms with Crippen LogP contribution in [0.25, 0.3) is 0 Å². The Labute approximate surface area is 111 Å². The lowest BCUT2D eigenvalue weighted by Gasteiger charge is -2.15. The Morgan fingerprint density at radius 1 is 1.21 bits per heavy atom. The molecule has 1 fully saturated rings. The van der Waals surface area contributed by atoms with Crippen LogP contribution in [0.15, 0.2) is 24.3 Å². The zero-order valence-corrected chi connectivity index (χ0v) is 10.5. The number of aliphatic carboxylic acids is 1. The van der Waals surface area contributed by atoms with Crippen molar-refractivity contribution in [2.45, 2.75) is 25.8 Å². The second-order valence-corrected chi connectivity index (χ2v) is 4.83. The van der Waals surface area contributed by atoms with E-state index in [1.165, 1.54) is 0 Å². The number of para-hydroxylation sites is 1. The molecule has 102 valence electrons. The maximum atomic E-state index is 12.0. The smallest absolute Gasteiger partial charge is 0.307 e. The summed E-state index contributed by atoms with van der Waals surface area (Å²) < 4.78 is 0. The standard InChI is InChI=1S/C14H17NO4/c16-12-7-2-1-4-9(12)8-15-13(17)10-5-3-6-11(10)14(18)19/h1-2,4,7,10-11,16H,3,5-6,8H2,(H,15,17)(H,18,19)/t10-,11+/m1/s1. The summed E-state index contributed by atoms with van der Waals surface area (Å²) in [5.41, 5.74) is 0.626. The van der Waals surface area contributed by atoms with Crippen LogP contribution in [0, 0.1) is 11.8 Å². The predicted octanol–water partition coefficient (Wildman–Crippen LogP) is 1.51. The minimum Gasteiger partial charge on any atom is -0.508 e. The number of carbonyl (C=O) groups is 2. The minimum absolute atomic E-state index is 0.129. The van der Waals surface area contributed by atoms with Crippen molar-refractivity contribution >= 4 is 11.9 Å². The van der Waals surface area contributed by atoms with Crippen LogP contribution in [0.3, 0.4) is 0 Å². The molecular formula is C14H17NO4. The van der Waals surface area contributed by atoms with Gasteiger partial charge < -0.3 is 15.5 Å². The maximum Gasteiger partial charge on any atom is 0.307 e. The lowest BCUT2D eigenvalue weighted by Crippen LogP contribution is -2.34. The predicted molar refractivity (Wildman–Crippen MR) is 68.4 cm³/mol. The largest absolute Gasteiger partial charge is 0.508 e. The Morgan fingerprint density at radius 3 is 2.58 bits per heavy atom. The highest BCUT2D eigenvalue weighted by molar-refractivity contribution is 5.85. The molecule has 1 amide bonds. The number of aromatic hydroxyl groups is 1. The van der Waals surface area contributed by atoms with Gasteiger partial charge in [0.2, 0.25) is 5.91 Å². The Balaban J connectivity index is 1.95. The molecule has 1 aliphatic carbocycles. The zero-order chi connectivity index (χ0) is 13.8. The molecule has 19 heavy (non-hydrogen) atoms. The molecule has 1 aliphatic rings. The third-order valence-electron chi connectivity index (χ3n) is 3.61. The zero-order valence-electron chi connectivity index (χ0n) is 10.5. The number of rotatable bonds is 4. The van der Waals surface area contributed by atoms with Gasteiger partial charge in [0.25, 0.3) is 0 Å². The Bertz CT molecular complexity index is 486. The van der Waals surface area contributed by atoms with Gasteiger partial charge in [-0.05, 0) is 18.9 Å². The Kier molecular flexibility index (Phi) is 4.04. The molecule has 2 atom stereocenters. The molecule has 0 aromatic heterocycles. The van der Waals surface area contributed by atoms with Crippen molar-refractivity contribution in [3.05, 3.63) is 29.8 Å². The minimum atomic E-state index is -0.903. The molecule has 5 heteroatoms. The number of nitrogens with one attached hydrogen (secondary N) is 1. The molecule has 0 saturated heterocycles. The monoisotopic (exact) mass is 263 g/mol. The van der Waals surface area contributed by atoms with Gasteiger partial charge in [0.15, 0.2) is 0 Å². The molecule has 3 N–H and O–H groups in total. The fourth-order valence-corrected chi connectivity index (χ4v) is 2.54. The number of phenolic OH excluding ortho intramolecular Hbond substituents is 1. The van der Waals surface area contributed by atoms with Crippen molar-refractivity contribution < 1.29 is 19.8 Å². The molecule has 1 aromatic rings. The van der Waals surface area contributed by atoms with Gasteiger partial charge in [0, 0.05) is 12.1 Å². The van der Waals surface area contributed by atoms with E-state index in [4.69, 9.17) is 5.11 Å². The molecule has 0 aliphatic heterocycles. The molecule has 1 saturated carbocycles. The summed E-state index contributed by atoms with van der Waals surface area (Å²) in [4.78, 5) is 23.0. The van der Waals surface area contributed by atoms with Gasteiger partial charge in [0.1, 0.15) is 5.75 Å². The fraction of sp³-hybridized carbons (Fsp3) is 0.429. The molecule has 5 nitrogen and oxygen atoms in total. The first-order valence-corrected chi connectivity index (χ1v) is 6.37. The summed E-state index contributed by atoms with van der Waals surface area (Å²) in [6.45, 7) is 0.217. The van der Waals surface area contributed by atoms with Gasteiger partial charge >= 0.3 is 5.97 Å². The van der Waals surface area contributed by atoms with E-state index in [0.29, 0.717) is 18.4 Å². The van der Waals surface area contributed by atoms with E-state index in [9.17, 15) is 14.7 Å². The lowest BCUT2D eigenvalue weighted by atomic mass is 9.95. The van der Waals surface area contributed by atoms with Gasteiger partial charge in [-0.2, -0.15) is 0 Å². The first-order chi connectivity index (χ1) is 9.09. The average Bonchev–Trinajstić information content (AvgIpc) is 2.87. The van der Waals surface area contributed by atoms with Gasteiger partial charge in [0.05, 0.1) is 11.8 Å². The Hall–Kier alpha value is -2.04. The van der Waals surface area contributed by atoms with E-state index >= 15 is 0 Å². The molecule has 0 heterocycles. The third kappa shape index (κ3) is 3.05. The average molecular weight is 263 g/mol. The first-order valence-electron chi connectivity index (χ1n) is 6.37. The Morgan fingerprint density at radius 2 is 1.89 bits per heavy atom. The molecule has 0 bridgehead atoms. The normalized spacial score (nSPS) is 22.1. The number of carbonyl (C=O) groups excluding carboxylic acids is 1. The van der Waals surface area contributed by atoms with Crippen LogP contribution in [0.5, 0.6) is 5.75 Å². The highest BCUT2D eigenvalue weighted by Crippen LogP contribution is 2.32.